The fourth-order valence-corrected chi connectivity index (χ4v) is 2.66. The van der Waals surface area contributed by atoms with Crippen molar-refractivity contribution in [3.05, 3.63) is 46.3 Å². The number of carbonyl (C=O) groups is 1. The Morgan fingerprint density at radius 3 is 2.40 bits per heavy atom. The Hall–Kier alpha value is -2.63. The van der Waals surface area contributed by atoms with E-state index in [2.05, 4.69) is 16.9 Å². The summed E-state index contributed by atoms with van der Waals surface area (Å²) in [6.07, 6.45) is 0. The molecule has 0 fully saturated rings. The van der Waals surface area contributed by atoms with Crippen LogP contribution in [0.15, 0.2) is 18.2 Å². The molecule has 0 aliphatic heterocycles. The van der Waals surface area contributed by atoms with E-state index < -0.39 is 0 Å². The molecule has 2 N–H and O–H groups in total. The third kappa shape index (κ3) is 4.26. The van der Waals surface area contributed by atoms with Gasteiger partial charge in [0.15, 0.2) is 0 Å². The minimum Gasteiger partial charge on any atom is -0.487 e. The monoisotopic (exact) mass is 342 g/mol. The molecule has 1 aromatic heterocycles. The van der Waals surface area contributed by atoms with Crippen LogP contribution in [-0.4, -0.2) is 33.9 Å². The fourth-order valence-electron chi connectivity index (χ4n) is 2.66. The molecule has 0 saturated heterocycles. The van der Waals surface area contributed by atoms with Gasteiger partial charge in [0.25, 0.3) is 5.91 Å². The van der Waals surface area contributed by atoms with E-state index in [1.807, 2.05) is 39.0 Å². The minimum atomic E-state index is -0.0961. The summed E-state index contributed by atoms with van der Waals surface area (Å²) < 4.78 is 5.86. The number of nitrogens with two attached hydrogens (primary N) is 1. The first kappa shape index (κ1) is 18.7. The number of carbonyl (C=O) groups excluding carboxylic acids is 1. The van der Waals surface area contributed by atoms with Crippen molar-refractivity contribution in [3.63, 3.8) is 0 Å². The number of amides is 1. The highest BCUT2D eigenvalue weighted by Gasteiger charge is 2.22. The number of nitrogen functional groups attached to an aromatic ring is 1. The standard InChI is InChI=1S/C19H26N4O2/c1-6-23(7-2)18(24)17-14(5)21-19(20)22-16(17)11-25-15-9-8-12(3)13(4)10-15/h8-10H,6-7,11H2,1-5H3,(H2,20,21,22). The summed E-state index contributed by atoms with van der Waals surface area (Å²) in [5, 5.41) is 0. The maximum atomic E-state index is 12.8. The number of anilines is 1. The van der Waals surface area contributed by atoms with Gasteiger partial charge in [-0.1, -0.05) is 6.07 Å². The zero-order chi connectivity index (χ0) is 18.6. The van der Waals surface area contributed by atoms with Crippen LogP contribution in [0.4, 0.5) is 5.95 Å². The summed E-state index contributed by atoms with van der Waals surface area (Å²) in [5.41, 5.74) is 9.69. The number of nitrogens with zero attached hydrogens (tertiary/aromatic N) is 3. The van der Waals surface area contributed by atoms with Crippen molar-refractivity contribution in [1.82, 2.24) is 14.9 Å². The zero-order valence-corrected chi connectivity index (χ0v) is 15.6. The second-order valence-electron chi connectivity index (χ2n) is 6.00. The van der Waals surface area contributed by atoms with Gasteiger partial charge in [0.1, 0.15) is 12.4 Å². The predicted molar refractivity (Wildman–Crippen MR) is 98.7 cm³/mol. The Morgan fingerprint density at radius 2 is 1.80 bits per heavy atom. The molecule has 0 radical (unpaired) electrons. The first-order valence-corrected chi connectivity index (χ1v) is 8.49. The van der Waals surface area contributed by atoms with Gasteiger partial charge in [-0.2, -0.15) is 0 Å². The molecule has 0 aliphatic rings. The van der Waals surface area contributed by atoms with Gasteiger partial charge in [0, 0.05) is 13.1 Å². The Labute approximate surface area is 149 Å². The number of rotatable bonds is 6. The Balaban J connectivity index is 2.32. The quantitative estimate of drug-likeness (QED) is 0.872. The van der Waals surface area contributed by atoms with Crippen LogP contribution in [-0.2, 0) is 6.61 Å². The first-order chi connectivity index (χ1) is 11.9. The lowest BCUT2D eigenvalue weighted by Crippen LogP contribution is -2.32. The number of aryl methyl sites for hydroxylation is 3. The van der Waals surface area contributed by atoms with E-state index in [-0.39, 0.29) is 18.5 Å². The number of hydrogen-bond acceptors (Lipinski definition) is 5. The molecule has 2 aromatic rings. The van der Waals surface area contributed by atoms with E-state index in [1.165, 1.54) is 5.56 Å². The Bertz CT molecular complexity index is 770. The van der Waals surface area contributed by atoms with Gasteiger partial charge in [0.05, 0.1) is 17.0 Å². The van der Waals surface area contributed by atoms with Crippen LogP contribution in [0.5, 0.6) is 5.75 Å². The van der Waals surface area contributed by atoms with E-state index in [4.69, 9.17) is 10.5 Å². The smallest absolute Gasteiger partial charge is 0.257 e. The van der Waals surface area contributed by atoms with E-state index >= 15 is 0 Å². The second-order valence-corrected chi connectivity index (χ2v) is 6.00. The van der Waals surface area contributed by atoms with Gasteiger partial charge in [-0.25, -0.2) is 9.97 Å². The highest BCUT2D eigenvalue weighted by atomic mass is 16.5. The summed E-state index contributed by atoms with van der Waals surface area (Å²) in [7, 11) is 0. The van der Waals surface area contributed by atoms with Crippen molar-refractivity contribution in [2.75, 3.05) is 18.8 Å². The van der Waals surface area contributed by atoms with Crippen LogP contribution in [0.2, 0.25) is 0 Å². The van der Waals surface area contributed by atoms with Gasteiger partial charge in [-0.15, -0.1) is 0 Å². The molecule has 0 atom stereocenters. The molecule has 6 heteroatoms. The lowest BCUT2D eigenvalue weighted by Gasteiger charge is -2.21. The molecular formula is C19H26N4O2. The van der Waals surface area contributed by atoms with Crippen molar-refractivity contribution >= 4 is 11.9 Å². The van der Waals surface area contributed by atoms with Crippen LogP contribution in [0.3, 0.4) is 0 Å². The molecule has 6 nitrogen and oxygen atoms in total. The average Bonchev–Trinajstić information content (AvgIpc) is 2.56. The highest BCUT2D eigenvalue weighted by Crippen LogP contribution is 2.20. The van der Waals surface area contributed by atoms with E-state index in [1.54, 1.807) is 11.8 Å². The topological polar surface area (TPSA) is 81.3 Å². The van der Waals surface area contributed by atoms with Crippen LogP contribution < -0.4 is 10.5 Å². The Kier molecular flexibility index (Phi) is 5.96. The number of aromatic nitrogens is 2. The molecule has 0 saturated carbocycles. The van der Waals surface area contributed by atoms with Gasteiger partial charge < -0.3 is 15.4 Å². The van der Waals surface area contributed by atoms with E-state index in [0.29, 0.717) is 30.0 Å². The third-order valence-electron chi connectivity index (χ3n) is 4.30. The number of ether oxygens (including phenoxy) is 1. The normalized spacial score (nSPS) is 10.6. The lowest BCUT2D eigenvalue weighted by atomic mass is 10.1. The van der Waals surface area contributed by atoms with Crippen molar-refractivity contribution in [2.24, 2.45) is 0 Å². The van der Waals surface area contributed by atoms with Crippen molar-refractivity contribution in [2.45, 2.75) is 41.2 Å². The van der Waals surface area contributed by atoms with Gasteiger partial charge in [-0.05, 0) is 57.9 Å². The van der Waals surface area contributed by atoms with Gasteiger partial charge >= 0.3 is 0 Å². The number of hydrogen-bond donors (Lipinski definition) is 1. The molecule has 0 spiro atoms. The molecule has 1 heterocycles. The van der Waals surface area contributed by atoms with E-state index in [0.717, 1.165) is 11.3 Å². The molecular weight excluding hydrogens is 316 g/mol. The molecule has 1 aromatic carbocycles. The highest BCUT2D eigenvalue weighted by molar-refractivity contribution is 5.96. The Morgan fingerprint density at radius 1 is 1.12 bits per heavy atom. The molecule has 0 unspecified atom stereocenters. The average molecular weight is 342 g/mol. The van der Waals surface area contributed by atoms with E-state index in [9.17, 15) is 4.79 Å². The maximum Gasteiger partial charge on any atom is 0.257 e. The second kappa shape index (κ2) is 7.96. The van der Waals surface area contributed by atoms with Crippen LogP contribution in [0.1, 0.15) is 46.7 Å². The summed E-state index contributed by atoms with van der Waals surface area (Å²) in [5.74, 6) is 0.785. The van der Waals surface area contributed by atoms with Crippen molar-refractivity contribution in [3.8, 4) is 5.75 Å². The van der Waals surface area contributed by atoms with Crippen molar-refractivity contribution in [1.29, 1.82) is 0 Å². The third-order valence-corrected chi connectivity index (χ3v) is 4.30. The largest absolute Gasteiger partial charge is 0.487 e. The number of benzene rings is 1. The summed E-state index contributed by atoms with van der Waals surface area (Å²) in [6.45, 7) is 11.2. The summed E-state index contributed by atoms with van der Waals surface area (Å²) in [4.78, 5) is 23.0. The van der Waals surface area contributed by atoms with Gasteiger partial charge in [-0.3, -0.25) is 4.79 Å². The fraction of sp³-hybridized carbons (Fsp3) is 0.421. The van der Waals surface area contributed by atoms with Crippen LogP contribution in [0, 0.1) is 20.8 Å². The maximum absolute atomic E-state index is 12.8. The molecule has 2 rings (SSSR count). The minimum absolute atomic E-state index is 0.0961. The van der Waals surface area contributed by atoms with Crippen LogP contribution in [0.25, 0.3) is 0 Å². The molecule has 0 bridgehead atoms. The van der Waals surface area contributed by atoms with Crippen molar-refractivity contribution < 1.29 is 9.53 Å². The molecule has 25 heavy (non-hydrogen) atoms. The SMILES string of the molecule is CCN(CC)C(=O)c1c(C)nc(N)nc1COc1ccc(C)c(C)c1. The van der Waals surface area contributed by atoms with Gasteiger partial charge in [0.2, 0.25) is 5.95 Å². The summed E-state index contributed by atoms with van der Waals surface area (Å²) >= 11 is 0. The first-order valence-electron chi connectivity index (χ1n) is 8.49. The van der Waals surface area contributed by atoms with Crippen LogP contribution >= 0.6 is 0 Å². The molecule has 0 aliphatic carbocycles. The molecule has 134 valence electrons. The lowest BCUT2D eigenvalue weighted by molar-refractivity contribution is 0.0768. The predicted octanol–water partition coefficient (Wildman–Crippen LogP) is 3.05. The summed E-state index contributed by atoms with van der Waals surface area (Å²) in [6, 6.07) is 5.89. The molecule has 1 amide bonds. The zero-order valence-electron chi connectivity index (χ0n) is 15.6.